The summed E-state index contributed by atoms with van der Waals surface area (Å²) in [7, 11) is 0. The summed E-state index contributed by atoms with van der Waals surface area (Å²) in [6.45, 7) is 3.90. The van der Waals surface area contributed by atoms with Crippen molar-refractivity contribution >= 4 is 0 Å². The van der Waals surface area contributed by atoms with Crippen molar-refractivity contribution in [2.75, 3.05) is 19.6 Å². The number of hydrogen-bond donors (Lipinski definition) is 2. The minimum absolute atomic E-state index is 0.314. The lowest BCUT2D eigenvalue weighted by Gasteiger charge is -2.44. The molecular formula is C21H29N2O+. The number of likely N-dealkylation sites (tertiary alicyclic amines) is 1. The Morgan fingerprint density at radius 1 is 0.917 bits per heavy atom. The highest BCUT2D eigenvalue weighted by Crippen LogP contribution is 2.24. The number of rotatable bonds is 6. The summed E-state index contributed by atoms with van der Waals surface area (Å²) in [4.78, 5) is 0. The Labute approximate surface area is 145 Å². The van der Waals surface area contributed by atoms with Gasteiger partial charge in [0, 0.05) is 30.9 Å². The zero-order valence-electron chi connectivity index (χ0n) is 14.3. The van der Waals surface area contributed by atoms with E-state index >= 15 is 0 Å². The lowest BCUT2D eigenvalue weighted by atomic mass is 9.99. The van der Waals surface area contributed by atoms with Gasteiger partial charge in [-0.25, -0.2) is 0 Å². The summed E-state index contributed by atoms with van der Waals surface area (Å²) in [5, 5.41) is 10.7. The molecular weight excluding hydrogens is 296 g/mol. The van der Waals surface area contributed by atoms with E-state index in [9.17, 15) is 5.11 Å². The Kier molecular flexibility index (Phi) is 5.67. The molecule has 1 fully saturated rings. The molecule has 1 atom stereocenters. The van der Waals surface area contributed by atoms with Crippen molar-refractivity contribution in [3.05, 3.63) is 71.8 Å². The van der Waals surface area contributed by atoms with Crippen LogP contribution in [-0.4, -0.2) is 41.4 Å². The van der Waals surface area contributed by atoms with Crippen molar-refractivity contribution in [1.82, 2.24) is 0 Å². The molecule has 0 spiro atoms. The van der Waals surface area contributed by atoms with Crippen molar-refractivity contribution < 1.29 is 9.59 Å². The zero-order chi connectivity index (χ0) is 16.8. The number of benzene rings is 2. The standard InChI is InChI=1S/C21H29N2O/c22-20-11-13-23(14-12-20,16-19-9-5-2-6-10-19)17-21(24)15-18-7-3-1-4-8-18/h1-10,20-21,24H,11-17,22H2/q+1. The summed E-state index contributed by atoms with van der Waals surface area (Å²) in [5.74, 6) is 0. The average Bonchev–Trinajstić information content (AvgIpc) is 2.59. The smallest absolute Gasteiger partial charge is 0.107 e. The minimum atomic E-state index is -0.314. The summed E-state index contributed by atoms with van der Waals surface area (Å²) in [6.07, 6.45) is 2.50. The van der Waals surface area contributed by atoms with Crippen LogP contribution in [0, 0.1) is 0 Å². The van der Waals surface area contributed by atoms with Gasteiger partial charge in [0.1, 0.15) is 19.2 Å². The number of quaternary nitrogens is 1. The third kappa shape index (κ3) is 4.67. The van der Waals surface area contributed by atoms with Gasteiger partial charge in [-0.1, -0.05) is 60.7 Å². The van der Waals surface area contributed by atoms with Crippen LogP contribution in [0.15, 0.2) is 60.7 Å². The molecule has 0 bridgehead atoms. The Hall–Kier alpha value is -1.68. The lowest BCUT2D eigenvalue weighted by molar-refractivity contribution is -0.947. The van der Waals surface area contributed by atoms with Gasteiger partial charge in [0.15, 0.2) is 0 Å². The number of hydrogen-bond acceptors (Lipinski definition) is 2. The van der Waals surface area contributed by atoms with E-state index in [4.69, 9.17) is 5.73 Å². The van der Waals surface area contributed by atoms with Crippen LogP contribution in [0.2, 0.25) is 0 Å². The maximum atomic E-state index is 10.7. The van der Waals surface area contributed by atoms with Gasteiger partial charge in [-0.15, -0.1) is 0 Å². The maximum absolute atomic E-state index is 10.7. The predicted molar refractivity (Wildman–Crippen MR) is 98.4 cm³/mol. The van der Waals surface area contributed by atoms with Gasteiger partial charge in [-0.3, -0.25) is 0 Å². The van der Waals surface area contributed by atoms with Crippen LogP contribution < -0.4 is 5.73 Å². The highest BCUT2D eigenvalue weighted by Gasteiger charge is 2.35. The topological polar surface area (TPSA) is 46.2 Å². The Morgan fingerprint density at radius 2 is 1.46 bits per heavy atom. The molecule has 1 saturated heterocycles. The Balaban J connectivity index is 1.70. The van der Waals surface area contributed by atoms with Crippen LogP contribution in [0.1, 0.15) is 24.0 Å². The zero-order valence-corrected chi connectivity index (χ0v) is 14.3. The van der Waals surface area contributed by atoms with Crippen molar-refractivity contribution in [3.8, 4) is 0 Å². The molecule has 3 heteroatoms. The van der Waals surface area contributed by atoms with Gasteiger partial charge < -0.3 is 15.3 Å². The Morgan fingerprint density at radius 3 is 2.04 bits per heavy atom. The monoisotopic (exact) mass is 325 g/mol. The molecule has 3 nitrogen and oxygen atoms in total. The fourth-order valence-electron chi connectivity index (χ4n) is 3.91. The second kappa shape index (κ2) is 7.93. The molecule has 0 saturated carbocycles. The number of aliphatic hydroxyl groups excluding tert-OH is 1. The lowest BCUT2D eigenvalue weighted by Crippen LogP contribution is -2.57. The summed E-state index contributed by atoms with van der Waals surface area (Å²) in [6, 6.07) is 21.2. The van der Waals surface area contributed by atoms with E-state index in [0.29, 0.717) is 6.04 Å². The molecule has 0 aliphatic carbocycles. The van der Waals surface area contributed by atoms with E-state index < -0.39 is 0 Å². The fourth-order valence-corrected chi connectivity index (χ4v) is 3.91. The molecule has 2 aromatic carbocycles. The highest BCUT2D eigenvalue weighted by molar-refractivity contribution is 5.16. The largest absolute Gasteiger partial charge is 0.387 e. The first-order valence-corrected chi connectivity index (χ1v) is 9.02. The molecule has 0 aromatic heterocycles. The van der Waals surface area contributed by atoms with Crippen LogP contribution >= 0.6 is 0 Å². The third-order valence-corrected chi connectivity index (χ3v) is 5.22. The van der Waals surface area contributed by atoms with Crippen LogP contribution in [0.4, 0.5) is 0 Å². The second-order valence-corrected chi connectivity index (χ2v) is 7.30. The first-order valence-electron chi connectivity index (χ1n) is 9.02. The van der Waals surface area contributed by atoms with E-state index in [2.05, 4.69) is 42.5 Å². The fraction of sp³-hybridized carbons (Fsp3) is 0.429. The van der Waals surface area contributed by atoms with Gasteiger partial charge >= 0.3 is 0 Å². The van der Waals surface area contributed by atoms with Crippen molar-refractivity contribution in [3.63, 3.8) is 0 Å². The molecule has 2 aromatic rings. The van der Waals surface area contributed by atoms with E-state index in [1.165, 1.54) is 11.1 Å². The average molecular weight is 325 g/mol. The van der Waals surface area contributed by atoms with Gasteiger partial charge in [-0.2, -0.15) is 0 Å². The summed E-state index contributed by atoms with van der Waals surface area (Å²) >= 11 is 0. The predicted octanol–water partition coefficient (Wildman–Crippen LogP) is 2.73. The molecule has 24 heavy (non-hydrogen) atoms. The summed E-state index contributed by atoms with van der Waals surface area (Å²) < 4.78 is 0.950. The third-order valence-electron chi connectivity index (χ3n) is 5.22. The van der Waals surface area contributed by atoms with Crippen molar-refractivity contribution in [2.45, 2.75) is 38.0 Å². The summed E-state index contributed by atoms with van der Waals surface area (Å²) in [5.41, 5.74) is 8.68. The van der Waals surface area contributed by atoms with Gasteiger partial charge in [0.2, 0.25) is 0 Å². The van der Waals surface area contributed by atoms with Crippen molar-refractivity contribution in [1.29, 1.82) is 0 Å². The molecule has 1 heterocycles. The number of nitrogens with two attached hydrogens (primary N) is 1. The maximum Gasteiger partial charge on any atom is 0.107 e. The van der Waals surface area contributed by atoms with E-state index in [-0.39, 0.29) is 6.10 Å². The van der Waals surface area contributed by atoms with E-state index in [0.717, 1.165) is 49.9 Å². The molecule has 0 radical (unpaired) electrons. The quantitative estimate of drug-likeness (QED) is 0.802. The number of nitrogens with zero attached hydrogens (tertiary/aromatic N) is 1. The minimum Gasteiger partial charge on any atom is -0.387 e. The molecule has 128 valence electrons. The van der Waals surface area contributed by atoms with E-state index in [1.54, 1.807) is 0 Å². The first-order chi connectivity index (χ1) is 11.7. The second-order valence-electron chi connectivity index (χ2n) is 7.30. The van der Waals surface area contributed by atoms with Crippen LogP contribution in [0.5, 0.6) is 0 Å². The molecule has 1 aliphatic rings. The molecule has 3 N–H and O–H groups in total. The molecule has 1 aliphatic heterocycles. The van der Waals surface area contributed by atoms with Gasteiger partial charge in [-0.05, 0) is 5.56 Å². The number of piperidine rings is 1. The van der Waals surface area contributed by atoms with Crippen LogP contribution in [0.25, 0.3) is 0 Å². The number of aliphatic hydroxyl groups is 1. The molecule has 3 rings (SSSR count). The van der Waals surface area contributed by atoms with Crippen molar-refractivity contribution in [2.24, 2.45) is 5.73 Å². The molecule has 0 amide bonds. The molecule has 1 unspecified atom stereocenters. The van der Waals surface area contributed by atoms with Crippen LogP contribution in [-0.2, 0) is 13.0 Å². The SMILES string of the molecule is NC1CC[N+](Cc2ccccc2)(CC(O)Cc2ccccc2)CC1. The highest BCUT2D eigenvalue weighted by atomic mass is 16.3. The van der Waals surface area contributed by atoms with Crippen LogP contribution in [0.3, 0.4) is 0 Å². The normalized spacial score (nSPS) is 25.3. The van der Waals surface area contributed by atoms with Gasteiger partial charge in [0.25, 0.3) is 0 Å². The first kappa shape index (κ1) is 17.2. The van der Waals surface area contributed by atoms with E-state index in [1.807, 2.05) is 18.2 Å². The Bertz CT molecular complexity index is 606. The van der Waals surface area contributed by atoms with Gasteiger partial charge in [0.05, 0.1) is 13.1 Å².